The van der Waals surface area contributed by atoms with Crippen molar-refractivity contribution in [3.8, 4) is 5.82 Å². The minimum absolute atomic E-state index is 0.0422. The van der Waals surface area contributed by atoms with Gasteiger partial charge in [-0.2, -0.15) is 5.10 Å². The van der Waals surface area contributed by atoms with E-state index in [1.54, 1.807) is 19.3 Å². The lowest BCUT2D eigenvalue weighted by atomic mass is 9.94. The zero-order valence-corrected chi connectivity index (χ0v) is 15.7. The highest BCUT2D eigenvalue weighted by molar-refractivity contribution is 5.95. The zero-order chi connectivity index (χ0) is 19.3. The molecule has 0 aromatic carbocycles. The number of aromatic amines is 1. The van der Waals surface area contributed by atoms with Crippen molar-refractivity contribution in [1.82, 2.24) is 29.2 Å². The lowest BCUT2D eigenvalue weighted by molar-refractivity contribution is 0.0701. The third kappa shape index (κ3) is 2.76. The third-order valence-corrected chi connectivity index (χ3v) is 5.97. The van der Waals surface area contributed by atoms with Crippen LogP contribution in [0.3, 0.4) is 0 Å². The van der Waals surface area contributed by atoms with Crippen molar-refractivity contribution in [3.63, 3.8) is 0 Å². The molecule has 2 aliphatic rings. The van der Waals surface area contributed by atoms with Crippen LogP contribution in [-0.2, 0) is 7.05 Å². The predicted molar refractivity (Wildman–Crippen MR) is 102 cm³/mol. The third-order valence-electron chi connectivity index (χ3n) is 5.97. The molecule has 1 N–H and O–H groups in total. The fourth-order valence-corrected chi connectivity index (χ4v) is 4.36. The Bertz CT molecular complexity index is 1060. The molecule has 0 radical (unpaired) electrons. The van der Waals surface area contributed by atoms with Gasteiger partial charge in [-0.1, -0.05) is 0 Å². The molecule has 0 bridgehead atoms. The Balaban J connectivity index is 1.50. The summed E-state index contributed by atoms with van der Waals surface area (Å²) < 4.78 is 3.41. The van der Waals surface area contributed by atoms with Gasteiger partial charge in [0.05, 0.1) is 6.04 Å². The number of carbonyl (C=O) groups excluding carboxylic acids is 1. The fraction of sp³-hybridized carbons (Fsp3) is 0.400. The van der Waals surface area contributed by atoms with Gasteiger partial charge in [-0.3, -0.25) is 9.36 Å². The van der Waals surface area contributed by atoms with Crippen molar-refractivity contribution in [2.75, 3.05) is 6.54 Å². The van der Waals surface area contributed by atoms with E-state index >= 15 is 0 Å². The van der Waals surface area contributed by atoms with Crippen LogP contribution in [0.15, 0.2) is 47.7 Å². The zero-order valence-electron chi connectivity index (χ0n) is 15.7. The molecule has 1 aliphatic carbocycles. The van der Waals surface area contributed by atoms with Gasteiger partial charge < -0.3 is 9.47 Å². The maximum absolute atomic E-state index is 13.4. The number of nitrogens with zero attached hydrogens (tertiary/aromatic N) is 5. The number of H-pyrrole nitrogens is 1. The van der Waals surface area contributed by atoms with Crippen molar-refractivity contribution in [1.29, 1.82) is 0 Å². The van der Waals surface area contributed by atoms with Gasteiger partial charge in [0.25, 0.3) is 5.91 Å². The van der Waals surface area contributed by atoms with Gasteiger partial charge in [-0.05, 0) is 55.4 Å². The molecular weight excluding hydrogens is 356 g/mol. The molecule has 8 nitrogen and oxygen atoms in total. The van der Waals surface area contributed by atoms with Crippen LogP contribution >= 0.6 is 0 Å². The maximum Gasteiger partial charge on any atom is 0.343 e. The molecule has 5 rings (SSSR count). The Kier molecular flexibility index (Phi) is 3.92. The second-order valence-corrected chi connectivity index (χ2v) is 7.67. The van der Waals surface area contributed by atoms with Crippen LogP contribution in [-0.4, -0.2) is 41.7 Å². The van der Waals surface area contributed by atoms with Crippen molar-refractivity contribution >= 4 is 5.91 Å². The SMILES string of the molecule is Cn1c(C2C(C3CC3)CCN2C(=O)c2ccnc(-n3cccc3)c2)n[nH]c1=O. The summed E-state index contributed by atoms with van der Waals surface area (Å²) in [4.78, 5) is 31.6. The topological polar surface area (TPSA) is 88.8 Å². The highest BCUT2D eigenvalue weighted by Crippen LogP contribution is 2.50. The molecule has 2 unspecified atom stereocenters. The first-order chi connectivity index (χ1) is 13.6. The molecule has 144 valence electrons. The van der Waals surface area contributed by atoms with Gasteiger partial charge in [0.2, 0.25) is 0 Å². The Morgan fingerprint density at radius 3 is 2.68 bits per heavy atom. The maximum atomic E-state index is 13.4. The number of nitrogens with one attached hydrogen (secondary N) is 1. The fourth-order valence-electron chi connectivity index (χ4n) is 4.36. The van der Waals surface area contributed by atoms with Crippen LogP contribution < -0.4 is 5.69 Å². The number of pyridine rings is 1. The molecule has 1 amide bonds. The largest absolute Gasteiger partial charge is 0.343 e. The molecule has 2 fully saturated rings. The van der Waals surface area contributed by atoms with Gasteiger partial charge in [0.1, 0.15) is 5.82 Å². The summed E-state index contributed by atoms with van der Waals surface area (Å²) in [7, 11) is 1.71. The molecule has 1 aliphatic heterocycles. The van der Waals surface area contributed by atoms with Crippen LogP contribution in [0.4, 0.5) is 0 Å². The first-order valence-electron chi connectivity index (χ1n) is 9.65. The molecule has 28 heavy (non-hydrogen) atoms. The van der Waals surface area contributed by atoms with E-state index in [2.05, 4.69) is 15.2 Å². The number of amides is 1. The average molecular weight is 378 g/mol. The standard InChI is InChI=1S/C20H22N6O2/c1-24-18(22-23-20(24)28)17-15(13-4-5-13)7-11-26(17)19(27)14-6-8-21-16(12-14)25-9-2-3-10-25/h2-3,6,8-10,12-13,15,17H,4-5,7,11H2,1H3,(H,23,28). The molecule has 3 aromatic rings. The highest BCUT2D eigenvalue weighted by Gasteiger charge is 2.47. The van der Waals surface area contributed by atoms with E-state index in [1.807, 2.05) is 40.1 Å². The summed E-state index contributed by atoms with van der Waals surface area (Å²) >= 11 is 0. The Hall–Kier alpha value is -3.16. The van der Waals surface area contributed by atoms with Crippen molar-refractivity contribution in [3.05, 3.63) is 64.7 Å². The molecule has 0 spiro atoms. The number of aromatic nitrogens is 5. The number of likely N-dealkylation sites (tertiary alicyclic amines) is 1. The summed E-state index contributed by atoms with van der Waals surface area (Å²) in [5.74, 6) is 2.27. The van der Waals surface area contributed by atoms with Gasteiger partial charge in [-0.25, -0.2) is 14.9 Å². The van der Waals surface area contributed by atoms with Gasteiger partial charge in [-0.15, -0.1) is 0 Å². The molecule has 4 heterocycles. The van der Waals surface area contributed by atoms with Crippen LogP contribution in [0.1, 0.15) is 41.5 Å². The van der Waals surface area contributed by atoms with E-state index in [1.165, 1.54) is 17.4 Å². The molecule has 2 atom stereocenters. The molecular formula is C20H22N6O2. The van der Waals surface area contributed by atoms with Crippen LogP contribution in [0.2, 0.25) is 0 Å². The number of rotatable bonds is 4. The first kappa shape index (κ1) is 17.0. The molecule has 8 heteroatoms. The van der Waals surface area contributed by atoms with Crippen molar-refractivity contribution in [2.45, 2.75) is 25.3 Å². The summed E-state index contributed by atoms with van der Waals surface area (Å²) in [6.45, 7) is 0.674. The molecule has 1 saturated heterocycles. The minimum Gasteiger partial charge on any atom is -0.328 e. The lowest BCUT2D eigenvalue weighted by Gasteiger charge is -2.27. The Labute approximate surface area is 161 Å². The van der Waals surface area contributed by atoms with E-state index in [9.17, 15) is 9.59 Å². The van der Waals surface area contributed by atoms with E-state index in [-0.39, 0.29) is 17.6 Å². The lowest BCUT2D eigenvalue weighted by Crippen LogP contribution is -2.34. The summed E-state index contributed by atoms with van der Waals surface area (Å²) in [6, 6.07) is 7.23. The first-order valence-corrected chi connectivity index (χ1v) is 9.65. The second kappa shape index (κ2) is 6.47. The monoisotopic (exact) mass is 378 g/mol. The summed E-state index contributed by atoms with van der Waals surface area (Å²) in [6.07, 6.45) is 8.78. The van der Waals surface area contributed by atoms with E-state index in [0.717, 1.165) is 6.42 Å². The highest BCUT2D eigenvalue weighted by atomic mass is 16.2. The van der Waals surface area contributed by atoms with Gasteiger partial charge >= 0.3 is 5.69 Å². The smallest absolute Gasteiger partial charge is 0.328 e. The normalized spacial score (nSPS) is 22.0. The van der Waals surface area contributed by atoms with Crippen LogP contribution in [0.5, 0.6) is 0 Å². The Morgan fingerprint density at radius 2 is 2.00 bits per heavy atom. The minimum atomic E-state index is -0.248. The van der Waals surface area contributed by atoms with E-state index in [0.29, 0.717) is 35.6 Å². The quantitative estimate of drug-likeness (QED) is 0.751. The van der Waals surface area contributed by atoms with Crippen LogP contribution in [0.25, 0.3) is 5.82 Å². The van der Waals surface area contributed by atoms with E-state index < -0.39 is 0 Å². The molecule has 1 saturated carbocycles. The van der Waals surface area contributed by atoms with Crippen LogP contribution in [0, 0.1) is 11.8 Å². The second-order valence-electron chi connectivity index (χ2n) is 7.67. The number of hydrogen-bond donors (Lipinski definition) is 1. The van der Waals surface area contributed by atoms with Crippen molar-refractivity contribution in [2.24, 2.45) is 18.9 Å². The van der Waals surface area contributed by atoms with E-state index in [4.69, 9.17) is 0 Å². The average Bonchev–Trinajstić information content (AvgIpc) is 3.11. The Morgan fingerprint density at radius 1 is 1.21 bits per heavy atom. The number of hydrogen-bond acceptors (Lipinski definition) is 4. The summed E-state index contributed by atoms with van der Waals surface area (Å²) in [5, 5.41) is 6.78. The molecule has 3 aromatic heterocycles. The van der Waals surface area contributed by atoms with Gasteiger partial charge in [0.15, 0.2) is 5.82 Å². The number of carbonyl (C=O) groups is 1. The van der Waals surface area contributed by atoms with Gasteiger partial charge in [0, 0.05) is 37.7 Å². The van der Waals surface area contributed by atoms with Crippen molar-refractivity contribution < 1.29 is 4.79 Å². The summed E-state index contributed by atoms with van der Waals surface area (Å²) in [5.41, 5.74) is 0.350. The predicted octanol–water partition coefficient (Wildman–Crippen LogP) is 1.91.